The van der Waals surface area contributed by atoms with E-state index >= 15 is 0 Å². The Labute approximate surface area is 212 Å². The van der Waals surface area contributed by atoms with E-state index < -0.39 is 5.60 Å². The van der Waals surface area contributed by atoms with Crippen molar-refractivity contribution in [3.63, 3.8) is 0 Å². The minimum atomic E-state index is -0.565. The van der Waals surface area contributed by atoms with E-state index in [0.29, 0.717) is 36.6 Å². The lowest BCUT2D eigenvalue weighted by Gasteiger charge is -2.42. The molecule has 196 valence electrons. The Morgan fingerprint density at radius 3 is 2.46 bits per heavy atom. The molecule has 1 heterocycles. The van der Waals surface area contributed by atoms with Crippen LogP contribution in [-0.2, 0) is 15.9 Å². The molecule has 1 amide bonds. The minimum absolute atomic E-state index is 0.0194. The fraction of sp³-hybridized carbons (Fsp3) is 0.621. The molecule has 0 aromatic heterocycles. The number of benzene rings is 1. The van der Waals surface area contributed by atoms with E-state index in [1.54, 1.807) is 19.1 Å². The molecule has 6 nitrogen and oxygen atoms in total. The smallest absolute Gasteiger partial charge is 0.254 e. The molecule has 1 aromatic carbocycles. The van der Waals surface area contributed by atoms with Gasteiger partial charge in [0.05, 0.1) is 7.11 Å². The van der Waals surface area contributed by atoms with Gasteiger partial charge in [-0.3, -0.25) is 4.79 Å². The SMILES string of the molecule is CCN(CC)C(=O)c1cc(OC)c2c(c1)O[C@@](C)(CC/C=C(\C)CCC=C(C)C)[C@H](OCOC)C2. The standard InChI is InChI=1S/C29H45NO5/c1-9-30(10-2)28(31)23-17-25(33-8)24-19-27(34-20-32-7)29(6,35-26(24)18-23)16-12-15-22(5)14-11-13-21(3)4/h13,15,17-18,27H,9-12,14,16,19-20H2,1-8H3/b22-15+/t27-,29+/m1/s1. The van der Waals surface area contributed by atoms with Gasteiger partial charge in [0.25, 0.3) is 5.91 Å². The Kier molecular flexibility index (Phi) is 11.3. The average Bonchev–Trinajstić information content (AvgIpc) is 2.82. The number of carbonyl (C=O) groups is 1. The normalized spacial score (nSPS) is 19.5. The van der Waals surface area contributed by atoms with Crippen molar-refractivity contribution in [2.45, 2.75) is 85.4 Å². The van der Waals surface area contributed by atoms with E-state index in [4.69, 9.17) is 18.9 Å². The maximum atomic E-state index is 13.1. The molecule has 0 saturated carbocycles. The Morgan fingerprint density at radius 2 is 1.86 bits per heavy atom. The van der Waals surface area contributed by atoms with Crippen LogP contribution in [0.1, 0.15) is 83.1 Å². The molecule has 6 heteroatoms. The second-order valence-electron chi connectivity index (χ2n) is 9.72. The van der Waals surface area contributed by atoms with E-state index in [1.807, 2.05) is 26.0 Å². The number of ether oxygens (including phenoxy) is 4. The average molecular weight is 488 g/mol. The molecule has 1 aliphatic rings. The molecule has 2 rings (SSSR count). The van der Waals surface area contributed by atoms with Crippen molar-refractivity contribution in [3.05, 3.63) is 46.6 Å². The van der Waals surface area contributed by atoms with Crippen molar-refractivity contribution >= 4 is 5.91 Å². The molecule has 0 aliphatic carbocycles. The summed E-state index contributed by atoms with van der Waals surface area (Å²) in [6.45, 7) is 14.0. The maximum absolute atomic E-state index is 13.1. The highest BCUT2D eigenvalue weighted by Gasteiger charge is 2.43. The van der Waals surface area contributed by atoms with Crippen LogP contribution in [-0.4, -0.2) is 56.6 Å². The molecule has 0 N–H and O–H groups in total. The number of rotatable bonds is 13. The summed E-state index contributed by atoms with van der Waals surface area (Å²) in [4.78, 5) is 14.9. The van der Waals surface area contributed by atoms with Gasteiger partial charge in [0.2, 0.25) is 0 Å². The van der Waals surface area contributed by atoms with E-state index in [2.05, 4.69) is 39.8 Å². The summed E-state index contributed by atoms with van der Waals surface area (Å²) in [5.41, 5.74) is 3.68. The first-order valence-corrected chi connectivity index (χ1v) is 12.8. The first kappa shape index (κ1) is 28.9. The van der Waals surface area contributed by atoms with Gasteiger partial charge in [-0.05, 0) is 79.4 Å². The van der Waals surface area contributed by atoms with E-state index in [1.165, 1.54) is 11.1 Å². The predicted molar refractivity (Wildman–Crippen MR) is 141 cm³/mol. The molecule has 0 spiro atoms. The van der Waals surface area contributed by atoms with Gasteiger partial charge < -0.3 is 23.8 Å². The van der Waals surface area contributed by atoms with Crippen molar-refractivity contribution < 1.29 is 23.7 Å². The lowest BCUT2D eigenvalue weighted by atomic mass is 9.84. The van der Waals surface area contributed by atoms with Gasteiger partial charge in [-0.25, -0.2) is 0 Å². The predicted octanol–water partition coefficient (Wildman–Crippen LogP) is 6.33. The number of carbonyl (C=O) groups excluding carboxylic acids is 1. The monoisotopic (exact) mass is 487 g/mol. The van der Waals surface area contributed by atoms with Crippen molar-refractivity contribution in [3.8, 4) is 11.5 Å². The number of fused-ring (bicyclic) bond motifs is 1. The Hall–Kier alpha value is -2.31. The molecule has 0 unspecified atom stereocenters. The van der Waals surface area contributed by atoms with Gasteiger partial charge >= 0.3 is 0 Å². The summed E-state index contributed by atoms with van der Waals surface area (Å²) in [5.74, 6) is 1.33. The topological polar surface area (TPSA) is 57.2 Å². The van der Waals surface area contributed by atoms with Crippen LogP contribution in [0.5, 0.6) is 11.5 Å². The first-order chi connectivity index (χ1) is 16.7. The molecular weight excluding hydrogens is 442 g/mol. The highest BCUT2D eigenvalue weighted by atomic mass is 16.7. The van der Waals surface area contributed by atoms with Gasteiger partial charge in [-0.2, -0.15) is 0 Å². The van der Waals surface area contributed by atoms with Gasteiger partial charge in [0.1, 0.15) is 30.0 Å². The van der Waals surface area contributed by atoms with Crippen LogP contribution in [0.2, 0.25) is 0 Å². The van der Waals surface area contributed by atoms with Crippen molar-refractivity contribution in [2.75, 3.05) is 34.1 Å². The van der Waals surface area contributed by atoms with E-state index in [-0.39, 0.29) is 18.8 Å². The summed E-state index contributed by atoms with van der Waals surface area (Å²) >= 11 is 0. The summed E-state index contributed by atoms with van der Waals surface area (Å²) in [5, 5.41) is 0. The van der Waals surface area contributed by atoms with Gasteiger partial charge in [-0.15, -0.1) is 0 Å². The second kappa shape index (κ2) is 13.7. The van der Waals surface area contributed by atoms with Crippen LogP contribution >= 0.6 is 0 Å². The molecule has 35 heavy (non-hydrogen) atoms. The fourth-order valence-corrected chi connectivity index (χ4v) is 4.52. The lowest BCUT2D eigenvalue weighted by molar-refractivity contribution is -0.147. The lowest BCUT2D eigenvalue weighted by Crippen LogP contribution is -2.50. The zero-order valence-corrected chi connectivity index (χ0v) is 23.0. The van der Waals surface area contributed by atoms with Crippen LogP contribution < -0.4 is 9.47 Å². The highest BCUT2D eigenvalue weighted by Crippen LogP contribution is 2.42. The van der Waals surface area contributed by atoms with Gasteiger partial charge in [0, 0.05) is 37.7 Å². The molecular formula is C29H45NO5. The zero-order valence-electron chi connectivity index (χ0n) is 23.0. The van der Waals surface area contributed by atoms with Crippen LogP contribution in [0.25, 0.3) is 0 Å². The summed E-state index contributed by atoms with van der Waals surface area (Å²) < 4.78 is 23.6. The number of allylic oxidation sites excluding steroid dienone is 4. The van der Waals surface area contributed by atoms with Crippen molar-refractivity contribution in [1.29, 1.82) is 0 Å². The number of hydrogen-bond donors (Lipinski definition) is 0. The summed E-state index contributed by atoms with van der Waals surface area (Å²) in [7, 11) is 3.25. The molecule has 0 bridgehead atoms. The molecule has 0 saturated heterocycles. The van der Waals surface area contributed by atoms with Gasteiger partial charge in [-0.1, -0.05) is 23.3 Å². The van der Waals surface area contributed by atoms with E-state index in [9.17, 15) is 4.79 Å². The third kappa shape index (κ3) is 7.84. The molecule has 0 radical (unpaired) electrons. The first-order valence-electron chi connectivity index (χ1n) is 12.8. The number of methoxy groups -OCH3 is 2. The third-order valence-corrected chi connectivity index (χ3v) is 6.71. The number of nitrogens with zero attached hydrogens (tertiary/aromatic N) is 1. The Bertz CT molecular complexity index is 899. The van der Waals surface area contributed by atoms with Gasteiger partial charge in [0.15, 0.2) is 0 Å². The van der Waals surface area contributed by atoms with Crippen molar-refractivity contribution in [1.82, 2.24) is 4.90 Å². The van der Waals surface area contributed by atoms with Crippen LogP contribution in [0.3, 0.4) is 0 Å². The van der Waals surface area contributed by atoms with E-state index in [0.717, 1.165) is 31.2 Å². The minimum Gasteiger partial charge on any atom is -0.496 e. The quantitative estimate of drug-likeness (QED) is 0.240. The molecule has 2 atom stereocenters. The third-order valence-electron chi connectivity index (χ3n) is 6.71. The number of amides is 1. The molecule has 1 aliphatic heterocycles. The summed E-state index contributed by atoms with van der Waals surface area (Å²) in [6.07, 6.45) is 8.80. The molecule has 0 fully saturated rings. The molecule has 1 aromatic rings. The van der Waals surface area contributed by atoms with Crippen molar-refractivity contribution in [2.24, 2.45) is 0 Å². The fourth-order valence-electron chi connectivity index (χ4n) is 4.52. The van der Waals surface area contributed by atoms with Crippen LogP contribution in [0.15, 0.2) is 35.4 Å². The summed E-state index contributed by atoms with van der Waals surface area (Å²) in [6, 6.07) is 3.68. The Balaban J connectivity index is 2.31. The maximum Gasteiger partial charge on any atom is 0.254 e. The largest absolute Gasteiger partial charge is 0.496 e. The number of hydrogen-bond acceptors (Lipinski definition) is 5. The van der Waals surface area contributed by atoms with Crippen LogP contribution in [0, 0.1) is 0 Å². The second-order valence-corrected chi connectivity index (χ2v) is 9.72. The highest BCUT2D eigenvalue weighted by molar-refractivity contribution is 5.95. The zero-order chi connectivity index (χ0) is 26.0. The van der Waals surface area contributed by atoms with Crippen LogP contribution in [0.4, 0.5) is 0 Å². The Morgan fingerprint density at radius 1 is 1.14 bits per heavy atom.